The summed E-state index contributed by atoms with van der Waals surface area (Å²) in [5, 5.41) is 4.39. The summed E-state index contributed by atoms with van der Waals surface area (Å²) < 4.78 is 37.4. The zero-order valence-corrected chi connectivity index (χ0v) is 18.0. The van der Waals surface area contributed by atoms with Crippen LogP contribution in [0.25, 0.3) is 0 Å². The third-order valence-electron chi connectivity index (χ3n) is 4.68. The molecular weight excluding hydrogens is 495 g/mol. The fourth-order valence-corrected chi connectivity index (χ4v) is 3.42. The van der Waals surface area contributed by atoms with Gasteiger partial charge in [-0.15, -0.1) is 0 Å². The van der Waals surface area contributed by atoms with Crippen LogP contribution < -0.4 is 10.6 Å². The molecule has 168 valence electrons. The maximum atomic E-state index is 12.4. The van der Waals surface area contributed by atoms with Crippen molar-refractivity contribution in [3.63, 3.8) is 0 Å². The van der Waals surface area contributed by atoms with Crippen LogP contribution in [-0.2, 0) is 16.1 Å². The molecule has 7 nitrogen and oxygen atoms in total. The Balaban J connectivity index is 1.43. The van der Waals surface area contributed by atoms with E-state index >= 15 is 0 Å². The Morgan fingerprint density at radius 1 is 0.969 bits per heavy atom. The first-order valence-corrected chi connectivity index (χ1v) is 10.2. The Morgan fingerprint density at radius 3 is 2.28 bits per heavy atom. The van der Waals surface area contributed by atoms with Crippen LogP contribution in [0.4, 0.5) is 18.9 Å². The lowest BCUT2D eigenvalue weighted by molar-refractivity contribution is -0.167. The summed E-state index contributed by atoms with van der Waals surface area (Å²) in [5.74, 6) is -3.16. The predicted octanol–water partition coefficient (Wildman–Crippen LogP) is 3.64. The van der Waals surface area contributed by atoms with Crippen LogP contribution in [0.1, 0.15) is 39.1 Å². The molecule has 2 N–H and O–H groups in total. The largest absolute Gasteiger partial charge is 0.471 e. The molecule has 1 aliphatic heterocycles. The number of benzene rings is 2. The van der Waals surface area contributed by atoms with Crippen molar-refractivity contribution in [3.8, 4) is 0 Å². The molecule has 2 aromatic carbocycles. The molecule has 3 rings (SSSR count). The zero-order valence-electron chi connectivity index (χ0n) is 16.5. The number of nitrogens with zero attached hydrogens (tertiary/aromatic N) is 1. The smallest absolute Gasteiger partial charge is 0.352 e. The highest BCUT2D eigenvalue weighted by Gasteiger charge is 2.38. The average molecular weight is 512 g/mol. The number of imide groups is 1. The average Bonchev–Trinajstić information content (AvgIpc) is 2.96. The molecule has 0 spiro atoms. The van der Waals surface area contributed by atoms with Gasteiger partial charge in [-0.25, -0.2) is 0 Å². The summed E-state index contributed by atoms with van der Waals surface area (Å²) in [6.45, 7) is 0.234. The molecule has 0 saturated heterocycles. The second-order valence-electron chi connectivity index (χ2n) is 6.98. The van der Waals surface area contributed by atoms with Crippen LogP contribution in [-0.4, -0.2) is 41.2 Å². The molecule has 0 saturated carbocycles. The lowest BCUT2D eigenvalue weighted by Crippen LogP contribution is -2.32. The van der Waals surface area contributed by atoms with Crippen molar-refractivity contribution in [1.29, 1.82) is 0 Å². The molecule has 11 heteroatoms. The van der Waals surface area contributed by atoms with Gasteiger partial charge in [-0.2, -0.15) is 13.2 Å². The second-order valence-corrected chi connectivity index (χ2v) is 7.90. The molecule has 32 heavy (non-hydrogen) atoms. The normalized spacial score (nSPS) is 13.2. The predicted molar refractivity (Wildman–Crippen MR) is 112 cm³/mol. The van der Waals surface area contributed by atoms with E-state index in [4.69, 9.17) is 0 Å². The maximum absolute atomic E-state index is 12.4. The Morgan fingerprint density at radius 2 is 1.62 bits per heavy atom. The molecule has 1 heterocycles. The summed E-state index contributed by atoms with van der Waals surface area (Å²) in [5.41, 5.74) is 1.26. The van der Waals surface area contributed by atoms with Gasteiger partial charge in [0.25, 0.3) is 11.8 Å². The van der Waals surface area contributed by atoms with Crippen molar-refractivity contribution >= 4 is 45.2 Å². The maximum Gasteiger partial charge on any atom is 0.471 e. The van der Waals surface area contributed by atoms with Gasteiger partial charge in [0.2, 0.25) is 5.91 Å². The van der Waals surface area contributed by atoms with E-state index in [-0.39, 0.29) is 37.5 Å². The monoisotopic (exact) mass is 511 g/mol. The molecule has 0 unspecified atom stereocenters. The minimum Gasteiger partial charge on any atom is -0.352 e. The summed E-state index contributed by atoms with van der Waals surface area (Å²) >= 11 is 3.26. The van der Waals surface area contributed by atoms with Crippen molar-refractivity contribution in [1.82, 2.24) is 10.2 Å². The number of alkyl halides is 3. The summed E-state index contributed by atoms with van der Waals surface area (Å²) in [6.07, 6.45) is -4.62. The first-order valence-electron chi connectivity index (χ1n) is 9.46. The molecule has 0 bridgehead atoms. The van der Waals surface area contributed by atoms with Gasteiger partial charge in [-0.1, -0.05) is 28.1 Å². The summed E-state index contributed by atoms with van der Waals surface area (Å²) in [6, 6.07) is 10.4. The van der Waals surface area contributed by atoms with Crippen molar-refractivity contribution in [2.45, 2.75) is 25.6 Å². The first kappa shape index (κ1) is 23.5. The fraction of sp³-hybridized carbons (Fsp3) is 0.238. The number of carbonyl (C=O) groups is 4. The molecule has 0 atom stereocenters. The second kappa shape index (κ2) is 9.51. The third-order valence-corrected chi connectivity index (χ3v) is 5.17. The van der Waals surface area contributed by atoms with E-state index in [9.17, 15) is 32.3 Å². The zero-order chi connectivity index (χ0) is 23.5. The van der Waals surface area contributed by atoms with Crippen LogP contribution in [0.5, 0.6) is 0 Å². The number of hydrogen-bond donors (Lipinski definition) is 2. The molecule has 0 aromatic heterocycles. The lowest BCUT2D eigenvalue weighted by atomic mass is 10.1. The van der Waals surface area contributed by atoms with E-state index in [1.54, 1.807) is 23.5 Å². The van der Waals surface area contributed by atoms with Gasteiger partial charge >= 0.3 is 12.1 Å². The van der Waals surface area contributed by atoms with Gasteiger partial charge in [-0.05, 0) is 42.3 Å². The van der Waals surface area contributed by atoms with E-state index < -0.39 is 23.9 Å². The standard InChI is InChI=1S/C21H17BrF3N3O4/c22-13-5-8-15-16(10-13)19(31)28(18(15)30)9-1-2-17(29)26-11-12-3-6-14(7-4-12)27-20(32)21(23,24)25/h3-8,10H,1-2,9,11H2,(H,26,29)(H,27,32). The molecule has 2 aromatic rings. The van der Waals surface area contributed by atoms with Gasteiger partial charge in [0.1, 0.15) is 0 Å². The topological polar surface area (TPSA) is 95.6 Å². The van der Waals surface area contributed by atoms with Crippen LogP contribution in [0.3, 0.4) is 0 Å². The Bertz CT molecular complexity index is 1070. The number of hydrogen-bond acceptors (Lipinski definition) is 4. The number of carbonyl (C=O) groups excluding carboxylic acids is 4. The van der Waals surface area contributed by atoms with Crippen molar-refractivity contribution in [2.24, 2.45) is 0 Å². The fourth-order valence-electron chi connectivity index (χ4n) is 3.06. The van der Waals surface area contributed by atoms with Crippen LogP contribution in [0.15, 0.2) is 46.9 Å². The Kier molecular flexibility index (Phi) is 6.97. The lowest BCUT2D eigenvalue weighted by Gasteiger charge is -2.13. The van der Waals surface area contributed by atoms with E-state index in [1.807, 2.05) is 0 Å². The molecule has 0 aliphatic carbocycles. The van der Waals surface area contributed by atoms with E-state index in [0.29, 0.717) is 21.2 Å². The van der Waals surface area contributed by atoms with Gasteiger partial charge in [-0.3, -0.25) is 24.1 Å². The van der Waals surface area contributed by atoms with Gasteiger partial charge < -0.3 is 10.6 Å². The molecule has 4 amide bonds. The van der Waals surface area contributed by atoms with E-state index in [2.05, 4.69) is 21.2 Å². The number of rotatable bonds is 7. The highest BCUT2D eigenvalue weighted by Crippen LogP contribution is 2.26. The first-order chi connectivity index (χ1) is 15.1. The number of anilines is 1. The molecular formula is C21H17BrF3N3O4. The highest BCUT2D eigenvalue weighted by molar-refractivity contribution is 9.10. The quantitative estimate of drug-likeness (QED) is 0.554. The van der Waals surface area contributed by atoms with Crippen molar-refractivity contribution in [2.75, 3.05) is 11.9 Å². The summed E-state index contributed by atoms with van der Waals surface area (Å²) in [4.78, 5) is 48.8. The number of nitrogens with one attached hydrogen (secondary N) is 2. The van der Waals surface area contributed by atoms with Crippen LogP contribution in [0, 0.1) is 0 Å². The number of amides is 4. The minimum atomic E-state index is -4.98. The summed E-state index contributed by atoms with van der Waals surface area (Å²) in [7, 11) is 0. The Labute approximate surface area is 189 Å². The minimum absolute atomic E-state index is 0.0182. The van der Waals surface area contributed by atoms with Crippen LogP contribution >= 0.6 is 15.9 Å². The third kappa shape index (κ3) is 5.52. The van der Waals surface area contributed by atoms with E-state index in [1.165, 1.54) is 24.3 Å². The van der Waals surface area contributed by atoms with E-state index in [0.717, 1.165) is 4.90 Å². The van der Waals surface area contributed by atoms with Crippen molar-refractivity contribution in [3.05, 3.63) is 63.6 Å². The molecule has 0 radical (unpaired) electrons. The molecule has 1 aliphatic rings. The van der Waals surface area contributed by atoms with Gasteiger partial charge in [0, 0.05) is 29.7 Å². The van der Waals surface area contributed by atoms with Crippen LogP contribution in [0.2, 0.25) is 0 Å². The number of halogens is 4. The Hall–Kier alpha value is -3.21. The van der Waals surface area contributed by atoms with Gasteiger partial charge in [0.05, 0.1) is 11.1 Å². The SMILES string of the molecule is O=C(CCCN1C(=O)c2ccc(Br)cc2C1=O)NCc1ccc(NC(=O)C(F)(F)F)cc1. The van der Waals surface area contributed by atoms with Crippen molar-refractivity contribution < 1.29 is 32.3 Å². The number of fused-ring (bicyclic) bond motifs is 1. The molecule has 0 fully saturated rings. The van der Waals surface area contributed by atoms with Gasteiger partial charge in [0.15, 0.2) is 0 Å². The highest BCUT2D eigenvalue weighted by atomic mass is 79.9.